The van der Waals surface area contributed by atoms with Crippen LogP contribution in [0.1, 0.15) is 19.3 Å². The standard InChI is InChI=1S/C11H11BrClN3/c12-8-6-10(13)11(15-7-8)16(5-1-4-14)9-2-3-9/h6-7,9H,1-3,5H2. The molecule has 0 N–H and O–H groups in total. The Labute approximate surface area is 108 Å². The molecule has 2 rings (SSSR count). The monoisotopic (exact) mass is 299 g/mol. The lowest BCUT2D eigenvalue weighted by Crippen LogP contribution is -2.27. The summed E-state index contributed by atoms with van der Waals surface area (Å²) >= 11 is 9.49. The van der Waals surface area contributed by atoms with Crippen LogP contribution >= 0.6 is 27.5 Å². The average molecular weight is 301 g/mol. The fourth-order valence-corrected chi connectivity index (χ4v) is 2.37. The molecule has 1 aliphatic carbocycles. The van der Waals surface area contributed by atoms with Crippen molar-refractivity contribution in [2.75, 3.05) is 11.4 Å². The first kappa shape index (κ1) is 11.7. The Morgan fingerprint density at radius 1 is 1.62 bits per heavy atom. The van der Waals surface area contributed by atoms with Crippen molar-refractivity contribution in [3.8, 4) is 6.07 Å². The van der Waals surface area contributed by atoms with Gasteiger partial charge in [-0.3, -0.25) is 0 Å². The maximum absolute atomic E-state index is 8.64. The van der Waals surface area contributed by atoms with E-state index in [4.69, 9.17) is 16.9 Å². The van der Waals surface area contributed by atoms with Crippen LogP contribution in [0.25, 0.3) is 0 Å². The quantitative estimate of drug-likeness (QED) is 0.856. The molecule has 0 amide bonds. The van der Waals surface area contributed by atoms with Crippen LogP contribution in [0.3, 0.4) is 0 Å². The van der Waals surface area contributed by atoms with Crippen molar-refractivity contribution in [2.45, 2.75) is 25.3 Å². The van der Waals surface area contributed by atoms with Gasteiger partial charge in [-0.25, -0.2) is 4.98 Å². The Bertz CT molecular complexity index is 426. The SMILES string of the molecule is N#CCCN(c1ncc(Br)cc1Cl)C1CC1. The van der Waals surface area contributed by atoms with Crippen molar-refractivity contribution in [2.24, 2.45) is 0 Å². The van der Waals surface area contributed by atoms with Gasteiger partial charge in [0, 0.05) is 23.3 Å². The normalized spacial score (nSPS) is 14.6. The lowest BCUT2D eigenvalue weighted by Gasteiger charge is -2.23. The molecule has 0 aliphatic heterocycles. The molecule has 0 unspecified atom stereocenters. The first-order valence-corrected chi connectivity index (χ1v) is 6.34. The van der Waals surface area contributed by atoms with Crippen LogP contribution in [0.4, 0.5) is 5.82 Å². The Morgan fingerprint density at radius 2 is 2.38 bits per heavy atom. The van der Waals surface area contributed by atoms with E-state index in [-0.39, 0.29) is 0 Å². The molecule has 84 valence electrons. The van der Waals surface area contributed by atoms with Crippen LogP contribution in [-0.2, 0) is 0 Å². The van der Waals surface area contributed by atoms with Gasteiger partial charge in [0.05, 0.1) is 17.5 Å². The molecule has 0 radical (unpaired) electrons. The molecule has 1 aromatic heterocycles. The number of halogens is 2. The Balaban J connectivity index is 2.21. The number of nitriles is 1. The highest BCUT2D eigenvalue weighted by Gasteiger charge is 2.30. The second-order valence-electron chi connectivity index (χ2n) is 3.79. The zero-order valence-electron chi connectivity index (χ0n) is 8.66. The van der Waals surface area contributed by atoms with Crippen LogP contribution in [-0.4, -0.2) is 17.6 Å². The van der Waals surface area contributed by atoms with Crippen LogP contribution in [0, 0.1) is 11.3 Å². The molecule has 0 bridgehead atoms. The van der Waals surface area contributed by atoms with Crippen LogP contribution in [0.5, 0.6) is 0 Å². The van der Waals surface area contributed by atoms with E-state index in [0.29, 0.717) is 24.0 Å². The van der Waals surface area contributed by atoms with Crippen molar-refractivity contribution in [1.29, 1.82) is 5.26 Å². The summed E-state index contributed by atoms with van der Waals surface area (Å²) in [4.78, 5) is 6.47. The lowest BCUT2D eigenvalue weighted by molar-refractivity contribution is 0.778. The van der Waals surface area contributed by atoms with E-state index in [0.717, 1.165) is 10.3 Å². The maximum atomic E-state index is 8.64. The smallest absolute Gasteiger partial charge is 0.147 e. The van der Waals surface area contributed by atoms with Gasteiger partial charge in [0.2, 0.25) is 0 Å². The molecule has 16 heavy (non-hydrogen) atoms. The third-order valence-electron chi connectivity index (χ3n) is 2.51. The number of aromatic nitrogens is 1. The molecule has 1 aromatic rings. The third kappa shape index (κ3) is 2.66. The highest BCUT2D eigenvalue weighted by atomic mass is 79.9. The summed E-state index contributed by atoms with van der Waals surface area (Å²) in [6, 6.07) is 4.51. The molecule has 5 heteroatoms. The molecule has 1 fully saturated rings. The van der Waals surface area contributed by atoms with Crippen molar-refractivity contribution in [3.05, 3.63) is 21.8 Å². The van der Waals surface area contributed by atoms with Gasteiger partial charge in [-0.15, -0.1) is 0 Å². The Kier molecular flexibility index (Phi) is 3.67. The second kappa shape index (κ2) is 5.03. The van der Waals surface area contributed by atoms with Crippen LogP contribution in [0.15, 0.2) is 16.7 Å². The van der Waals surface area contributed by atoms with Gasteiger partial charge in [0.25, 0.3) is 0 Å². The fourth-order valence-electron chi connectivity index (χ4n) is 1.64. The summed E-state index contributed by atoms with van der Waals surface area (Å²) in [5.74, 6) is 0.794. The van der Waals surface area contributed by atoms with E-state index in [9.17, 15) is 0 Å². The van der Waals surface area contributed by atoms with Gasteiger partial charge < -0.3 is 4.90 Å². The molecule has 1 saturated carbocycles. The first-order valence-electron chi connectivity index (χ1n) is 5.17. The fraction of sp³-hybridized carbons (Fsp3) is 0.455. The van der Waals surface area contributed by atoms with E-state index in [2.05, 4.69) is 31.9 Å². The zero-order chi connectivity index (χ0) is 11.5. The van der Waals surface area contributed by atoms with Crippen molar-refractivity contribution < 1.29 is 0 Å². The summed E-state index contributed by atoms with van der Waals surface area (Å²) in [6.07, 6.45) is 4.58. The average Bonchev–Trinajstić information content (AvgIpc) is 3.05. The number of hydrogen-bond acceptors (Lipinski definition) is 3. The number of pyridine rings is 1. The van der Waals surface area contributed by atoms with Crippen molar-refractivity contribution in [3.63, 3.8) is 0 Å². The highest BCUT2D eigenvalue weighted by molar-refractivity contribution is 9.10. The molecule has 0 atom stereocenters. The summed E-state index contributed by atoms with van der Waals surface area (Å²) in [6.45, 7) is 0.704. The number of nitrogens with zero attached hydrogens (tertiary/aromatic N) is 3. The first-order chi connectivity index (χ1) is 7.72. The molecule has 1 aliphatic rings. The summed E-state index contributed by atoms with van der Waals surface area (Å²) in [5, 5.41) is 9.28. The minimum absolute atomic E-state index is 0.505. The van der Waals surface area contributed by atoms with Gasteiger partial charge >= 0.3 is 0 Å². The van der Waals surface area contributed by atoms with Gasteiger partial charge in [0.1, 0.15) is 5.82 Å². The molecule has 0 spiro atoms. The molecule has 0 saturated heterocycles. The predicted octanol–water partition coefficient (Wildman–Crippen LogP) is 3.38. The third-order valence-corrected chi connectivity index (χ3v) is 3.22. The minimum Gasteiger partial charge on any atom is -0.351 e. The van der Waals surface area contributed by atoms with E-state index in [1.807, 2.05) is 6.07 Å². The molecule has 0 aromatic carbocycles. The minimum atomic E-state index is 0.505. The Hall–Kier alpha value is -0.790. The Morgan fingerprint density at radius 3 is 2.94 bits per heavy atom. The van der Waals surface area contributed by atoms with Crippen molar-refractivity contribution in [1.82, 2.24) is 4.98 Å². The van der Waals surface area contributed by atoms with Crippen LogP contribution < -0.4 is 4.90 Å². The maximum Gasteiger partial charge on any atom is 0.147 e. The predicted molar refractivity (Wildman–Crippen MR) is 67.5 cm³/mol. The van der Waals surface area contributed by atoms with Gasteiger partial charge in [-0.05, 0) is 34.8 Å². The highest BCUT2D eigenvalue weighted by Crippen LogP contribution is 2.35. The molecular weight excluding hydrogens is 289 g/mol. The number of hydrogen-bond donors (Lipinski definition) is 0. The summed E-state index contributed by atoms with van der Waals surface area (Å²) in [7, 11) is 0. The zero-order valence-corrected chi connectivity index (χ0v) is 11.0. The summed E-state index contributed by atoms with van der Waals surface area (Å²) < 4.78 is 0.872. The number of rotatable bonds is 4. The van der Waals surface area contributed by atoms with E-state index in [1.54, 1.807) is 6.20 Å². The van der Waals surface area contributed by atoms with Crippen molar-refractivity contribution >= 4 is 33.3 Å². The molecule has 3 nitrogen and oxygen atoms in total. The second-order valence-corrected chi connectivity index (χ2v) is 5.11. The topological polar surface area (TPSA) is 39.9 Å². The van der Waals surface area contributed by atoms with E-state index < -0.39 is 0 Å². The largest absolute Gasteiger partial charge is 0.351 e. The van der Waals surface area contributed by atoms with Gasteiger partial charge in [-0.2, -0.15) is 5.26 Å². The lowest BCUT2D eigenvalue weighted by atomic mass is 10.3. The number of anilines is 1. The summed E-state index contributed by atoms with van der Waals surface area (Å²) in [5.41, 5.74) is 0. The van der Waals surface area contributed by atoms with E-state index >= 15 is 0 Å². The molecule has 1 heterocycles. The molecular formula is C11H11BrClN3. The van der Waals surface area contributed by atoms with Gasteiger partial charge in [-0.1, -0.05) is 11.6 Å². The van der Waals surface area contributed by atoms with E-state index in [1.165, 1.54) is 12.8 Å². The van der Waals surface area contributed by atoms with Gasteiger partial charge in [0.15, 0.2) is 0 Å². The van der Waals surface area contributed by atoms with Crippen LogP contribution in [0.2, 0.25) is 5.02 Å².